The summed E-state index contributed by atoms with van der Waals surface area (Å²) in [6.07, 6.45) is 3.10. The van der Waals surface area contributed by atoms with Crippen LogP contribution in [-0.4, -0.2) is 19.3 Å². The van der Waals surface area contributed by atoms with Gasteiger partial charge in [-0.25, -0.2) is 8.78 Å². The highest BCUT2D eigenvalue weighted by Gasteiger charge is 2.16. The second kappa shape index (κ2) is 5.31. The molecule has 0 amide bonds. The third-order valence-corrected chi connectivity index (χ3v) is 2.92. The summed E-state index contributed by atoms with van der Waals surface area (Å²) in [4.78, 5) is 0. The first-order valence-corrected chi connectivity index (χ1v) is 5.77. The van der Waals surface area contributed by atoms with Crippen molar-refractivity contribution in [3.63, 3.8) is 0 Å². The van der Waals surface area contributed by atoms with E-state index in [2.05, 4.69) is 5.32 Å². The number of nitrogens with one attached hydrogen (secondary N) is 1. The van der Waals surface area contributed by atoms with E-state index in [1.165, 1.54) is 6.07 Å². The highest BCUT2D eigenvalue weighted by molar-refractivity contribution is 5.66. The maximum absolute atomic E-state index is 13.4. The zero-order valence-corrected chi connectivity index (χ0v) is 9.51. The molecule has 1 aromatic rings. The molecule has 3 N–H and O–H groups in total. The molecule has 0 saturated carbocycles. The molecule has 0 radical (unpaired) electrons. The van der Waals surface area contributed by atoms with Gasteiger partial charge in [-0.1, -0.05) is 0 Å². The maximum atomic E-state index is 13.4. The molecule has 1 aromatic carbocycles. The number of benzene rings is 1. The number of nitrogens with two attached hydrogens (primary N) is 1. The average Bonchev–Trinajstić information content (AvgIpc) is 2.81. The van der Waals surface area contributed by atoms with Gasteiger partial charge in [0.2, 0.25) is 0 Å². The fourth-order valence-electron chi connectivity index (χ4n) is 1.98. The Kier molecular flexibility index (Phi) is 3.78. The standard InChI is InChI=1S/C12H16F2N2O/c13-9-3-4-10(15)12(11(9)14)16-6-5-8-2-1-7-17-8/h3-4,8,16H,1-2,5-7,15H2. The van der Waals surface area contributed by atoms with Crippen LogP contribution in [0.2, 0.25) is 0 Å². The molecule has 3 nitrogen and oxygen atoms in total. The lowest BCUT2D eigenvalue weighted by Crippen LogP contribution is -2.14. The molecular weight excluding hydrogens is 226 g/mol. The van der Waals surface area contributed by atoms with Gasteiger partial charge < -0.3 is 15.8 Å². The van der Waals surface area contributed by atoms with Crippen LogP contribution in [0.1, 0.15) is 19.3 Å². The van der Waals surface area contributed by atoms with Crippen molar-refractivity contribution in [3.05, 3.63) is 23.8 Å². The van der Waals surface area contributed by atoms with Gasteiger partial charge in [0.25, 0.3) is 0 Å². The molecule has 5 heteroatoms. The topological polar surface area (TPSA) is 47.3 Å². The molecule has 17 heavy (non-hydrogen) atoms. The van der Waals surface area contributed by atoms with Crippen LogP contribution < -0.4 is 11.1 Å². The number of halogens is 2. The van der Waals surface area contributed by atoms with Gasteiger partial charge >= 0.3 is 0 Å². The number of hydrogen-bond acceptors (Lipinski definition) is 3. The molecule has 94 valence electrons. The zero-order valence-electron chi connectivity index (χ0n) is 9.51. The highest BCUT2D eigenvalue weighted by Crippen LogP contribution is 2.25. The minimum Gasteiger partial charge on any atom is -0.397 e. The van der Waals surface area contributed by atoms with E-state index in [-0.39, 0.29) is 17.5 Å². The first kappa shape index (κ1) is 12.1. The minimum atomic E-state index is -0.919. The van der Waals surface area contributed by atoms with E-state index in [0.717, 1.165) is 31.9 Å². The lowest BCUT2D eigenvalue weighted by Gasteiger charge is -2.13. The minimum absolute atomic E-state index is 0.0444. The van der Waals surface area contributed by atoms with E-state index in [9.17, 15) is 8.78 Å². The summed E-state index contributed by atoms with van der Waals surface area (Å²) >= 11 is 0. The Bertz CT molecular complexity index is 392. The van der Waals surface area contributed by atoms with Gasteiger partial charge in [0.05, 0.1) is 17.5 Å². The van der Waals surface area contributed by atoms with Crippen molar-refractivity contribution < 1.29 is 13.5 Å². The van der Waals surface area contributed by atoms with Crippen LogP contribution in [0.25, 0.3) is 0 Å². The van der Waals surface area contributed by atoms with Crippen molar-refractivity contribution in [3.8, 4) is 0 Å². The Balaban J connectivity index is 1.91. The van der Waals surface area contributed by atoms with E-state index in [1.54, 1.807) is 0 Å². The van der Waals surface area contributed by atoms with Crippen molar-refractivity contribution in [1.82, 2.24) is 0 Å². The van der Waals surface area contributed by atoms with Crippen molar-refractivity contribution >= 4 is 11.4 Å². The summed E-state index contributed by atoms with van der Waals surface area (Å²) in [6.45, 7) is 1.32. The van der Waals surface area contributed by atoms with Crippen molar-refractivity contribution in [1.29, 1.82) is 0 Å². The van der Waals surface area contributed by atoms with Crippen LogP contribution in [0.5, 0.6) is 0 Å². The van der Waals surface area contributed by atoms with Gasteiger partial charge in [-0.15, -0.1) is 0 Å². The predicted molar refractivity (Wildman–Crippen MR) is 62.9 cm³/mol. The second-order valence-electron chi connectivity index (χ2n) is 4.18. The van der Waals surface area contributed by atoms with Crippen molar-refractivity contribution in [2.75, 3.05) is 24.2 Å². The Morgan fingerprint density at radius 2 is 2.24 bits per heavy atom. The fraction of sp³-hybridized carbons (Fsp3) is 0.500. The molecule has 1 aliphatic heterocycles. The molecule has 0 aliphatic carbocycles. The molecule has 1 fully saturated rings. The Morgan fingerprint density at radius 3 is 2.94 bits per heavy atom. The van der Waals surface area contributed by atoms with Crippen molar-refractivity contribution in [2.45, 2.75) is 25.4 Å². The molecule has 1 saturated heterocycles. The average molecular weight is 242 g/mol. The van der Waals surface area contributed by atoms with E-state index < -0.39 is 11.6 Å². The van der Waals surface area contributed by atoms with Gasteiger partial charge in [0, 0.05) is 13.2 Å². The van der Waals surface area contributed by atoms with Gasteiger partial charge in [0.1, 0.15) is 0 Å². The number of hydrogen-bond donors (Lipinski definition) is 2. The molecule has 0 aromatic heterocycles. The van der Waals surface area contributed by atoms with Crippen LogP contribution >= 0.6 is 0 Å². The second-order valence-corrected chi connectivity index (χ2v) is 4.18. The Hall–Kier alpha value is -1.36. The summed E-state index contributed by atoms with van der Waals surface area (Å²) < 4.78 is 31.8. The lowest BCUT2D eigenvalue weighted by atomic mass is 10.2. The quantitative estimate of drug-likeness (QED) is 0.797. The number of anilines is 2. The summed E-state index contributed by atoms with van der Waals surface area (Å²) in [5.74, 6) is -1.81. The maximum Gasteiger partial charge on any atom is 0.183 e. The number of nitrogen functional groups attached to an aromatic ring is 1. The molecule has 1 atom stereocenters. The molecular formula is C12H16F2N2O. The van der Waals surface area contributed by atoms with Gasteiger partial charge in [0.15, 0.2) is 11.6 Å². The molecule has 0 spiro atoms. The summed E-state index contributed by atoms with van der Waals surface area (Å²) in [6, 6.07) is 2.38. The molecule has 0 bridgehead atoms. The monoisotopic (exact) mass is 242 g/mol. The van der Waals surface area contributed by atoms with Gasteiger partial charge in [-0.05, 0) is 31.4 Å². The third-order valence-electron chi connectivity index (χ3n) is 2.92. The number of rotatable bonds is 4. The van der Waals surface area contributed by atoms with Gasteiger partial charge in [-0.3, -0.25) is 0 Å². The zero-order chi connectivity index (χ0) is 12.3. The van der Waals surface area contributed by atoms with E-state index >= 15 is 0 Å². The summed E-state index contributed by atoms with van der Waals surface area (Å²) in [5, 5.41) is 2.83. The first-order chi connectivity index (χ1) is 8.18. The Morgan fingerprint density at radius 1 is 1.41 bits per heavy atom. The fourth-order valence-corrected chi connectivity index (χ4v) is 1.98. The molecule has 2 rings (SSSR count). The third kappa shape index (κ3) is 2.85. The van der Waals surface area contributed by atoms with Gasteiger partial charge in [-0.2, -0.15) is 0 Å². The largest absolute Gasteiger partial charge is 0.397 e. The summed E-state index contributed by atoms with van der Waals surface area (Å²) in [5.41, 5.74) is 5.85. The molecule has 1 aliphatic rings. The Labute approximate surface area is 98.9 Å². The number of ether oxygens (including phenoxy) is 1. The normalized spacial score (nSPS) is 19.5. The van der Waals surface area contributed by atoms with Crippen molar-refractivity contribution in [2.24, 2.45) is 0 Å². The summed E-state index contributed by atoms with van der Waals surface area (Å²) in [7, 11) is 0. The van der Waals surface area contributed by atoms with E-state index in [4.69, 9.17) is 10.5 Å². The first-order valence-electron chi connectivity index (χ1n) is 5.77. The lowest BCUT2D eigenvalue weighted by molar-refractivity contribution is 0.107. The molecule has 1 unspecified atom stereocenters. The van der Waals surface area contributed by atoms with Crippen LogP contribution in [-0.2, 0) is 4.74 Å². The van der Waals surface area contributed by atoms with Crippen LogP contribution in [0, 0.1) is 11.6 Å². The SMILES string of the molecule is Nc1ccc(F)c(F)c1NCCC1CCCO1. The van der Waals surface area contributed by atoms with E-state index in [1.807, 2.05) is 0 Å². The van der Waals surface area contributed by atoms with Crippen LogP contribution in [0.3, 0.4) is 0 Å². The van der Waals surface area contributed by atoms with Crippen LogP contribution in [0.15, 0.2) is 12.1 Å². The molecule has 1 heterocycles. The smallest absolute Gasteiger partial charge is 0.183 e. The highest BCUT2D eigenvalue weighted by atomic mass is 19.2. The van der Waals surface area contributed by atoms with E-state index in [0.29, 0.717) is 6.54 Å². The predicted octanol–water partition coefficient (Wildman–Crippen LogP) is 2.53. The van der Waals surface area contributed by atoms with Crippen LogP contribution in [0.4, 0.5) is 20.2 Å².